The van der Waals surface area contributed by atoms with Crippen LogP contribution < -0.4 is 37.9 Å². The zero-order valence-corrected chi connectivity index (χ0v) is 54.8. The maximum atomic E-state index is 9.41. The molecule has 4 aromatic rings. The van der Waals surface area contributed by atoms with Gasteiger partial charge in [0.1, 0.15) is 59.0 Å². The summed E-state index contributed by atoms with van der Waals surface area (Å²) < 4.78 is 107. The minimum atomic E-state index is -0.410. The molecule has 89 heavy (non-hydrogen) atoms. The van der Waals surface area contributed by atoms with E-state index < -0.39 is 6.10 Å². The fourth-order valence-electron chi connectivity index (χ4n) is 8.72. The molecule has 0 aliphatic heterocycles. The third-order valence-electron chi connectivity index (χ3n) is 13.5. The van der Waals surface area contributed by atoms with Gasteiger partial charge >= 0.3 is 0 Å². The average molecular weight is 1260 g/mol. The summed E-state index contributed by atoms with van der Waals surface area (Å²) >= 11 is 0. The highest BCUT2D eigenvalue weighted by Gasteiger charge is 2.23. The van der Waals surface area contributed by atoms with Crippen LogP contribution in [0.15, 0.2) is 72.8 Å². The lowest BCUT2D eigenvalue weighted by Gasteiger charge is -2.27. The van der Waals surface area contributed by atoms with E-state index in [-0.39, 0.29) is 45.7 Å². The van der Waals surface area contributed by atoms with Crippen LogP contribution in [-0.4, -0.2) is 207 Å². The molecule has 0 aromatic heterocycles. The SMILES string of the molecule is CCCOCCOCCOc1ccc(CC)cc1OCCOCCOC(COCCOc1ccc(CCC)cc1OCCO)C(CC)OCCOCCOc1ccc(C(C)C)cc1OCCOCCOCCOCCOc1ccc(C(C)C)cc1OCCO. The van der Waals surface area contributed by atoms with Crippen LogP contribution in [0.5, 0.6) is 46.0 Å². The highest BCUT2D eigenvalue weighted by atomic mass is 16.6. The van der Waals surface area contributed by atoms with Gasteiger partial charge in [0.2, 0.25) is 0 Å². The van der Waals surface area contributed by atoms with Crippen LogP contribution in [0, 0.1) is 0 Å². The second-order valence-electron chi connectivity index (χ2n) is 21.2. The number of aliphatic hydroxyl groups excluding tert-OH is 2. The lowest BCUT2D eigenvalue weighted by atomic mass is 10.0. The topological polar surface area (TPSA) is 207 Å². The van der Waals surface area contributed by atoms with Crippen molar-refractivity contribution in [2.45, 2.75) is 112 Å². The van der Waals surface area contributed by atoms with Crippen LogP contribution in [0.25, 0.3) is 0 Å². The van der Waals surface area contributed by atoms with Gasteiger partial charge in [-0.2, -0.15) is 0 Å². The van der Waals surface area contributed by atoms with Crippen molar-refractivity contribution >= 4 is 0 Å². The summed E-state index contributed by atoms with van der Waals surface area (Å²) in [5.74, 6) is 5.65. The van der Waals surface area contributed by atoms with Crippen LogP contribution in [0.1, 0.15) is 109 Å². The van der Waals surface area contributed by atoms with Crippen molar-refractivity contribution in [3.05, 3.63) is 95.1 Å². The van der Waals surface area contributed by atoms with Gasteiger partial charge in [-0.05, 0) is 108 Å². The minimum Gasteiger partial charge on any atom is -0.487 e. The molecule has 0 radical (unpaired) electrons. The normalized spacial score (nSPS) is 12.2. The smallest absolute Gasteiger partial charge is 0.161 e. The van der Waals surface area contributed by atoms with Crippen molar-refractivity contribution in [3.8, 4) is 46.0 Å². The predicted molar refractivity (Wildman–Crippen MR) is 342 cm³/mol. The monoisotopic (exact) mass is 1260 g/mol. The Morgan fingerprint density at radius 2 is 0.629 bits per heavy atom. The Kier molecular flexibility index (Phi) is 42.4. The zero-order valence-electron chi connectivity index (χ0n) is 54.8. The van der Waals surface area contributed by atoms with Crippen molar-refractivity contribution in [3.63, 3.8) is 0 Å². The van der Waals surface area contributed by atoms with Crippen molar-refractivity contribution in [1.29, 1.82) is 0 Å². The fourth-order valence-corrected chi connectivity index (χ4v) is 8.72. The Bertz CT molecular complexity index is 2370. The summed E-state index contributed by atoms with van der Waals surface area (Å²) in [5.41, 5.74) is 4.55. The first-order chi connectivity index (χ1) is 43.6. The molecule has 4 rings (SSSR count). The Labute approximate surface area is 531 Å². The predicted octanol–water partition coefficient (Wildman–Crippen LogP) is 10.3. The van der Waals surface area contributed by atoms with Crippen LogP contribution in [0.3, 0.4) is 0 Å². The van der Waals surface area contributed by atoms with E-state index in [1.54, 1.807) is 0 Å². The summed E-state index contributed by atoms with van der Waals surface area (Å²) in [4.78, 5) is 0. The van der Waals surface area contributed by atoms with Crippen LogP contribution >= 0.6 is 0 Å². The van der Waals surface area contributed by atoms with E-state index in [1.807, 2.05) is 72.8 Å². The molecule has 20 heteroatoms. The fraction of sp³-hybridized carbons (Fsp3) is 0.652. The summed E-state index contributed by atoms with van der Waals surface area (Å²) in [6.45, 7) is 26.3. The van der Waals surface area contributed by atoms with E-state index in [0.717, 1.165) is 54.5 Å². The molecular weight excluding hydrogens is 1150 g/mol. The number of hydrogen-bond donors (Lipinski definition) is 2. The molecule has 0 saturated heterocycles. The van der Waals surface area contributed by atoms with E-state index in [1.165, 1.54) is 0 Å². The minimum absolute atomic E-state index is 0.0723. The molecule has 2 N–H and O–H groups in total. The van der Waals surface area contributed by atoms with E-state index >= 15 is 0 Å². The van der Waals surface area contributed by atoms with E-state index in [0.29, 0.717) is 203 Å². The molecule has 0 aliphatic rings. The quantitative estimate of drug-likeness (QED) is 0.0394. The standard InChI is InChI=1S/C69H108O20/c1-9-13-57-15-19-62(66(50-57)80-25-22-70)86-48-40-79-53-69(89-47-39-78-38-45-87-65-49-56(11-3)14-18-61(65)83-42-34-74-28-27-72-24-10-2)60(12-4)82-41-33-77-36-44-85-64-21-17-59(55(7)8)52-68(64)88-46-37-76-32-30-73-29-31-75-35-43-84-63-20-16-58(54(5)6)51-67(63)81-26-23-71/h14-21,49-52,54-55,60,69-71H,9-13,22-48,53H2,1-8H3. The number of aryl methyl sites for hydroxylation is 2. The highest BCUT2D eigenvalue weighted by Crippen LogP contribution is 2.34. The van der Waals surface area contributed by atoms with Crippen molar-refractivity contribution in [2.24, 2.45) is 0 Å². The van der Waals surface area contributed by atoms with Gasteiger partial charge in [0.25, 0.3) is 0 Å². The molecule has 2 atom stereocenters. The average Bonchev–Trinajstić information content (AvgIpc) is 3.50. The molecule has 20 nitrogen and oxygen atoms in total. The molecule has 504 valence electrons. The highest BCUT2D eigenvalue weighted by molar-refractivity contribution is 5.46. The van der Waals surface area contributed by atoms with Crippen LogP contribution in [0.2, 0.25) is 0 Å². The van der Waals surface area contributed by atoms with E-state index in [2.05, 4.69) is 55.4 Å². The van der Waals surface area contributed by atoms with Crippen molar-refractivity contribution in [1.82, 2.24) is 0 Å². The zero-order chi connectivity index (χ0) is 63.8. The van der Waals surface area contributed by atoms with Gasteiger partial charge in [0.15, 0.2) is 46.0 Å². The maximum Gasteiger partial charge on any atom is 0.161 e. The number of aliphatic hydroxyl groups is 2. The van der Waals surface area contributed by atoms with Gasteiger partial charge in [-0.1, -0.05) is 86.1 Å². The second kappa shape index (κ2) is 49.5. The van der Waals surface area contributed by atoms with E-state index in [9.17, 15) is 10.2 Å². The van der Waals surface area contributed by atoms with Crippen LogP contribution in [0.4, 0.5) is 0 Å². The first-order valence-electron chi connectivity index (χ1n) is 32.3. The summed E-state index contributed by atoms with van der Waals surface area (Å²) in [6.07, 6.45) is 3.73. The lowest BCUT2D eigenvalue weighted by molar-refractivity contribution is -0.121. The molecule has 0 heterocycles. The van der Waals surface area contributed by atoms with Gasteiger partial charge in [0, 0.05) is 6.61 Å². The van der Waals surface area contributed by atoms with Gasteiger partial charge in [-0.15, -0.1) is 0 Å². The Hall–Kier alpha value is -5.20. The van der Waals surface area contributed by atoms with Crippen molar-refractivity contribution in [2.75, 3.05) is 185 Å². The molecule has 0 bridgehead atoms. The van der Waals surface area contributed by atoms with Gasteiger partial charge in [-0.3, -0.25) is 0 Å². The Balaban J connectivity index is 1.17. The molecular formula is C69H108O20. The number of benzene rings is 4. The molecule has 0 aliphatic carbocycles. The van der Waals surface area contributed by atoms with Crippen molar-refractivity contribution < 1.29 is 95.5 Å². The second-order valence-corrected chi connectivity index (χ2v) is 21.2. The molecule has 0 saturated carbocycles. The van der Waals surface area contributed by atoms with Crippen LogP contribution in [-0.2, 0) is 60.2 Å². The summed E-state index contributed by atoms with van der Waals surface area (Å²) in [5, 5.41) is 18.6. The Morgan fingerprint density at radius 1 is 0.303 bits per heavy atom. The van der Waals surface area contributed by atoms with E-state index in [4.69, 9.17) is 85.3 Å². The first kappa shape index (κ1) is 76.3. The number of hydrogen-bond acceptors (Lipinski definition) is 20. The number of ether oxygens (including phenoxy) is 18. The number of rotatable bonds is 58. The third-order valence-corrected chi connectivity index (χ3v) is 13.5. The Morgan fingerprint density at radius 3 is 1.01 bits per heavy atom. The molecule has 2 unspecified atom stereocenters. The summed E-state index contributed by atoms with van der Waals surface area (Å²) in [6, 6.07) is 23.7. The summed E-state index contributed by atoms with van der Waals surface area (Å²) in [7, 11) is 0. The molecule has 0 amide bonds. The van der Waals surface area contributed by atoms with Gasteiger partial charge < -0.3 is 95.5 Å². The molecule has 0 spiro atoms. The van der Waals surface area contributed by atoms with Gasteiger partial charge in [-0.25, -0.2) is 0 Å². The third kappa shape index (κ3) is 33.1. The lowest BCUT2D eigenvalue weighted by Crippen LogP contribution is -2.37. The molecule has 0 fully saturated rings. The first-order valence-corrected chi connectivity index (χ1v) is 32.3. The molecule has 4 aromatic carbocycles. The largest absolute Gasteiger partial charge is 0.487 e. The maximum absolute atomic E-state index is 9.41. The van der Waals surface area contributed by atoms with Gasteiger partial charge in [0.05, 0.1) is 132 Å².